The van der Waals surface area contributed by atoms with Crippen LogP contribution in [0.2, 0.25) is 5.02 Å². The Morgan fingerprint density at radius 2 is 2.29 bits per heavy atom. The molecule has 0 spiro atoms. The van der Waals surface area contributed by atoms with E-state index in [1.807, 2.05) is 12.1 Å². The monoisotopic (exact) mass is 348 g/mol. The Labute approximate surface area is 137 Å². The number of benzene rings is 1. The number of halogens is 2. The topological polar surface area (TPSA) is 90.1 Å². The SMILES string of the molecule is COCC(N)C(=O)Nc1nnc(-c2cccc(Cl)c2)s1.Cl. The van der Waals surface area contributed by atoms with Crippen molar-refractivity contribution in [2.45, 2.75) is 6.04 Å². The van der Waals surface area contributed by atoms with Crippen molar-refractivity contribution >= 4 is 46.4 Å². The molecule has 1 aromatic carbocycles. The van der Waals surface area contributed by atoms with Crippen molar-refractivity contribution < 1.29 is 9.53 Å². The van der Waals surface area contributed by atoms with E-state index in [4.69, 9.17) is 22.1 Å². The number of methoxy groups -OCH3 is 1. The van der Waals surface area contributed by atoms with E-state index in [1.54, 1.807) is 12.1 Å². The van der Waals surface area contributed by atoms with Crippen molar-refractivity contribution in [2.24, 2.45) is 5.73 Å². The lowest BCUT2D eigenvalue weighted by Crippen LogP contribution is -2.39. The van der Waals surface area contributed by atoms with E-state index < -0.39 is 6.04 Å². The van der Waals surface area contributed by atoms with E-state index in [0.717, 1.165) is 5.56 Å². The van der Waals surface area contributed by atoms with E-state index >= 15 is 0 Å². The summed E-state index contributed by atoms with van der Waals surface area (Å²) in [5.41, 5.74) is 6.46. The molecular formula is C12H14Cl2N4O2S. The molecule has 2 aromatic rings. The minimum absolute atomic E-state index is 0. The van der Waals surface area contributed by atoms with Gasteiger partial charge in [-0.15, -0.1) is 22.6 Å². The van der Waals surface area contributed by atoms with Crippen molar-refractivity contribution in [3.8, 4) is 10.6 Å². The molecule has 21 heavy (non-hydrogen) atoms. The Balaban J connectivity index is 0.00000220. The summed E-state index contributed by atoms with van der Waals surface area (Å²) in [5.74, 6) is -0.361. The van der Waals surface area contributed by atoms with Crippen molar-refractivity contribution in [1.82, 2.24) is 10.2 Å². The molecule has 1 aromatic heterocycles. The lowest BCUT2D eigenvalue weighted by Gasteiger charge is -2.08. The first-order chi connectivity index (χ1) is 9.60. The van der Waals surface area contributed by atoms with Crippen LogP contribution in [0.1, 0.15) is 0 Å². The first kappa shape index (κ1) is 17.8. The maximum Gasteiger partial charge on any atom is 0.245 e. The predicted molar refractivity (Wildman–Crippen MR) is 86.1 cm³/mol. The van der Waals surface area contributed by atoms with Gasteiger partial charge in [-0.1, -0.05) is 35.1 Å². The summed E-state index contributed by atoms with van der Waals surface area (Å²) in [4.78, 5) is 11.7. The first-order valence-corrected chi connectivity index (χ1v) is 6.94. The van der Waals surface area contributed by atoms with Gasteiger partial charge in [-0.2, -0.15) is 0 Å². The van der Waals surface area contributed by atoms with Crippen LogP contribution in [0.5, 0.6) is 0 Å². The number of ether oxygens (including phenoxy) is 1. The largest absolute Gasteiger partial charge is 0.383 e. The second-order valence-corrected chi connectivity index (χ2v) is 5.39. The molecule has 0 aliphatic carbocycles. The summed E-state index contributed by atoms with van der Waals surface area (Å²) in [5, 5.41) is 12.2. The van der Waals surface area contributed by atoms with Crippen molar-refractivity contribution in [3.63, 3.8) is 0 Å². The molecule has 0 bridgehead atoms. The highest BCUT2D eigenvalue weighted by molar-refractivity contribution is 7.18. The number of hydrogen-bond donors (Lipinski definition) is 2. The van der Waals surface area contributed by atoms with Gasteiger partial charge in [0.25, 0.3) is 0 Å². The Morgan fingerprint density at radius 1 is 1.52 bits per heavy atom. The molecule has 1 heterocycles. The number of nitrogens with zero attached hydrogens (tertiary/aromatic N) is 2. The highest BCUT2D eigenvalue weighted by atomic mass is 35.5. The second-order valence-electron chi connectivity index (χ2n) is 3.97. The van der Waals surface area contributed by atoms with E-state index in [1.165, 1.54) is 18.4 Å². The fourth-order valence-corrected chi connectivity index (χ4v) is 2.40. The van der Waals surface area contributed by atoms with Crippen LogP contribution in [0.3, 0.4) is 0 Å². The van der Waals surface area contributed by atoms with Crippen LogP contribution in [-0.4, -0.2) is 35.9 Å². The fourth-order valence-electron chi connectivity index (χ4n) is 1.47. The van der Waals surface area contributed by atoms with Crippen LogP contribution < -0.4 is 11.1 Å². The number of nitrogens with two attached hydrogens (primary N) is 1. The smallest absolute Gasteiger partial charge is 0.245 e. The lowest BCUT2D eigenvalue weighted by molar-refractivity contribution is -0.118. The van der Waals surface area contributed by atoms with Crippen LogP contribution in [0, 0.1) is 0 Å². The van der Waals surface area contributed by atoms with Crippen molar-refractivity contribution in [3.05, 3.63) is 29.3 Å². The van der Waals surface area contributed by atoms with Gasteiger partial charge < -0.3 is 10.5 Å². The van der Waals surface area contributed by atoms with Crippen LogP contribution in [0.15, 0.2) is 24.3 Å². The molecular weight excluding hydrogens is 335 g/mol. The molecule has 0 radical (unpaired) electrons. The molecule has 1 unspecified atom stereocenters. The average Bonchev–Trinajstić information content (AvgIpc) is 2.87. The van der Waals surface area contributed by atoms with Crippen LogP contribution >= 0.6 is 35.3 Å². The molecule has 3 N–H and O–H groups in total. The second kappa shape index (κ2) is 8.26. The Morgan fingerprint density at radius 3 is 2.95 bits per heavy atom. The van der Waals surface area contributed by atoms with Gasteiger partial charge in [-0.3, -0.25) is 10.1 Å². The molecule has 6 nitrogen and oxygen atoms in total. The molecule has 0 aliphatic rings. The van der Waals surface area contributed by atoms with Gasteiger partial charge >= 0.3 is 0 Å². The van der Waals surface area contributed by atoms with Gasteiger partial charge in [-0.05, 0) is 12.1 Å². The highest BCUT2D eigenvalue weighted by Gasteiger charge is 2.15. The van der Waals surface area contributed by atoms with Gasteiger partial charge in [0.05, 0.1) is 6.61 Å². The Hall–Kier alpha value is -1.25. The maximum absolute atomic E-state index is 11.7. The van der Waals surface area contributed by atoms with Gasteiger partial charge in [0.1, 0.15) is 11.0 Å². The van der Waals surface area contributed by atoms with Gasteiger partial charge in [0.2, 0.25) is 11.0 Å². The Kier molecular flexibility index (Phi) is 7.00. The zero-order chi connectivity index (χ0) is 14.5. The number of carbonyl (C=O) groups excluding carboxylic acids is 1. The van der Waals surface area contributed by atoms with Gasteiger partial charge in [-0.25, -0.2) is 0 Å². The van der Waals surface area contributed by atoms with E-state index in [0.29, 0.717) is 15.2 Å². The lowest BCUT2D eigenvalue weighted by atomic mass is 10.2. The third-order valence-electron chi connectivity index (χ3n) is 2.41. The third kappa shape index (κ3) is 4.90. The number of nitrogens with one attached hydrogen (secondary N) is 1. The van der Waals surface area contributed by atoms with Crippen LogP contribution in [0.4, 0.5) is 5.13 Å². The molecule has 9 heteroatoms. The fraction of sp³-hybridized carbons (Fsp3) is 0.250. The summed E-state index contributed by atoms with van der Waals surface area (Å²) in [6.07, 6.45) is 0. The summed E-state index contributed by atoms with van der Waals surface area (Å²) >= 11 is 7.17. The Bertz CT molecular complexity index is 608. The number of anilines is 1. The molecule has 1 amide bonds. The van der Waals surface area contributed by atoms with Crippen LogP contribution in [0.25, 0.3) is 10.6 Å². The predicted octanol–water partition coefficient (Wildman–Crippen LogP) is 2.19. The van der Waals surface area contributed by atoms with E-state index in [2.05, 4.69) is 15.5 Å². The van der Waals surface area contributed by atoms with Crippen molar-refractivity contribution in [2.75, 3.05) is 19.0 Å². The minimum atomic E-state index is -0.737. The van der Waals surface area contributed by atoms with Gasteiger partial charge in [0, 0.05) is 17.7 Å². The zero-order valence-electron chi connectivity index (χ0n) is 11.1. The molecule has 0 fully saturated rings. The van der Waals surface area contributed by atoms with E-state index in [-0.39, 0.29) is 24.9 Å². The van der Waals surface area contributed by atoms with E-state index in [9.17, 15) is 4.79 Å². The standard InChI is InChI=1S/C12H13ClN4O2S.ClH/c1-19-6-9(14)10(18)15-12-17-16-11(20-12)7-3-2-4-8(13)5-7;/h2-5,9H,6,14H2,1H3,(H,15,17,18);1H. The minimum Gasteiger partial charge on any atom is -0.383 e. The third-order valence-corrected chi connectivity index (χ3v) is 3.53. The number of amides is 1. The summed E-state index contributed by atoms with van der Waals surface area (Å²) in [7, 11) is 1.48. The number of hydrogen-bond acceptors (Lipinski definition) is 6. The average molecular weight is 349 g/mol. The van der Waals surface area contributed by atoms with Crippen LogP contribution in [-0.2, 0) is 9.53 Å². The van der Waals surface area contributed by atoms with Gasteiger partial charge in [0.15, 0.2) is 0 Å². The number of carbonyl (C=O) groups is 1. The molecule has 0 aliphatic heterocycles. The molecule has 1 atom stereocenters. The number of aromatic nitrogens is 2. The quantitative estimate of drug-likeness (QED) is 0.864. The molecule has 2 rings (SSSR count). The summed E-state index contributed by atoms with van der Waals surface area (Å²) in [6, 6.07) is 6.52. The molecule has 114 valence electrons. The highest BCUT2D eigenvalue weighted by Crippen LogP contribution is 2.27. The normalized spacial score (nSPS) is 11.6. The maximum atomic E-state index is 11.7. The summed E-state index contributed by atoms with van der Waals surface area (Å²) < 4.78 is 4.82. The zero-order valence-corrected chi connectivity index (χ0v) is 13.5. The molecule has 0 saturated heterocycles. The molecule has 0 saturated carbocycles. The first-order valence-electron chi connectivity index (χ1n) is 5.75. The summed E-state index contributed by atoms with van der Waals surface area (Å²) in [6.45, 7) is 0.145. The number of rotatable bonds is 5. The van der Waals surface area contributed by atoms with Crippen molar-refractivity contribution in [1.29, 1.82) is 0 Å².